The third-order valence-corrected chi connectivity index (χ3v) is 3.87. The van der Waals surface area contributed by atoms with Crippen LogP contribution < -0.4 is 14.2 Å². The quantitative estimate of drug-likeness (QED) is 0.432. The number of methoxy groups -OCH3 is 1. The minimum absolute atomic E-state index is 0.371. The van der Waals surface area contributed by atoms with Crippen LogP contribution in [0.2, 0.25) is 0 Å². The monoisotopic (exact) mass is 355 g/mol. The van der Waals surface area contributed by atoms with Gasteiger partial charge in [-0.15, -0.1) is 0 Å². The molecule has 26 heavy (non-hydrogen) atoms. The van der Waals surface area contributed by atoms with E-state index in [1.165, 1.54) is 11.6 Å². The van der Waals surface area contributed by atoms with Crippen LogP contribution in [-0.2, 0) is 16.0 Å². The van der Waals surface area contributed by atoms with Crippen LogP contribution in [0.25, 0.3) is 6.08 Å². The molecular formula is C20H21NO5. The fourth-order valence-corrected chi connectivity index (χ4v) is 2.60. The molecule has 1 aliphatic rings. The Bertz CT molecular complexity index is 756. The Kier molecular flexibility index (Phi) is 6.09. The summed E-state index contributed by atoms with van der Waals surface area (Å²) < 4.78 is 21.7. The maximum atomic E-state index is 11.9. The first-order valence-corrected chi connectivity index (χ1v) is 8.47. The minimum Gasteiger partial charge on any atom is -0.493 e. The standard InChI is InChI=1S/C20H21NO5/c1-23-17-13-16(14-18-20(17)26-12-11-24-18)4-5-19(22)25-10-2-3-15-6-8-21-9-7-15/h4-9,13-14H,2-3,10-12H2,1H3/b5-4+. The van der Waals surface area contributed by atoms with Gasteiger partial charge < -0.3 is 18.9 Å². The number of rotatable bonds is 7. The normalized spacial score (nSPS) is 12.8. The van der Waals surface area contributed by atoms with Crippen LogP contribution in [-0.4, -0.2) is 37.9 Å². The van der Waals surface area contributed by atoms with Crippen molar-refractivity contribution in [1.29, 1.82) is 0 Å². The van der Waals surface area contributed by atoms with Gasteiger partial charge in [0, 0.05) is 18.5 Å². The van der Waals surface area contributed by atoms with Crippen LogP contribution >= 0.6 is 0 Å². The Labute approximate surface area is 152 Å². The number of esters is 1. The molecule has 1 aliphatic heterocycles. The van der Waals surface area contributed by atoms with Crippen molar-refractivity contribution >= 4 is 12.0 Å². The molecule has 0 amide bonds. The number of pyridine rings is 1. The highest BCUT2D eigenvalue weighted by Gasteiger charge is 2.17. The molecule has 0 atom stereocenters. The second-order valence-electron chi connectivity index (χ2n) is 5.71. The lowest BCUT2D eigenvalue weighted by Gasteiger charge is -2.20. The average molecular weight is 355 g/mol. The largest absolute Gasteiger partial charge is 0.493 e. The van der Waals surface area contributed by atoms with E-state index >= 15 is 0 Å². The number of aryl methyl sites for hydroxylation is 1. The molecule has 3 rings (SSSR count). The zero-order chi connectivity index (χ0) is 18.2. The first kappa shape index (κ1) is 17.8. The highest BCUT2D eigenvalue weighted by atomic mass is 16.6. The molecule has 6 nitrogen and oxygen atoms in total. The summed E-state index contributed by atoms with van der Waals surface area (Å²) >= 11 is 0. The molecule has 1 aromatic heterocycles. The zero-order valence-corrected chi connectivity index (χ0v) is 14.6. The Balaban J connectivity index is 1.51. The van der Waals surface area contributed by atoms with E-state index in [9.17, 15) is 4.79 Å². The van der Waals surface area contributed by atoms with Gasteiger partial charge in [-0.1, -0.05) is 0 Å². The maximum absolute atomic E-state index is 11.9. The molecule has 0 bridgehead atoms. The fraction of sp³-hybridized carbons (Fsp3) is 0.300. The molecule has 2 aromatic rings. The van der Waals surface area contributed by atoms with E-state index in [1.807, 2.05) is 18.2 Å². The van der Waals surface area contributed by atoms with Gasteiger partial charge in [-0.05, 0) is 54.3 Å². The number of benzene rings is 1. The van der Waals surface area contributed by atoms with Crippen molar-refractivity contribution in [3.63, 3.8) is 0 Å². The summed E-state index contributed by atoms with van der Waals surface area (Å²) in [6.45, 7) is 1.35. The molecule has 0 saturated carbocycles. The summed E-state index contributed by atoms with van der Waals surface area (Å²) in [5, 5.41) is 0. The predicted molar refractivity (Wildman–Crippen MR) is 96.5 cm³/mol. The van der Waals surface area contributed by atoms with E-state index in [4.69, 9.17) is 18.9 Å². The molecular weight excluding hydrogens is 334 g/mol. The molecule has 0 N–H and O–H groups in total. The molecule has 136 valence electrons. The van der Waals surface area contributed by atoms with Crippen molar-refractivity contribution in [2.45, 2.75) is 12.8 Å². The summed E-state index contributed by atoms with van der Waals surface area (Å²) in [6, 6.07) is 7.51. The average Bonchev–Trinajstić information content (AvgIpc) is 2.69. The van der Waals surface area contributed by atoms with E-state index < -0.39 is 0 Å². The van der Waals surface area contributed by atoms with Crippen molar-refractivity contribution in [3.8, 4) is 17.2 Å². The third kappa shape index (κ3) is 4.75. The number of carbonyl (C=O) groups excluding carboxylic acids is 1. The number of aromatic nitrogens is 1. The minimum atomic E-state index is -0.381. The van der Waals surface area contributed by atoms with Crippen LogP contribution in [0.15, 0.2) is 42.7 Å². The van der Waals surface area contributed by atoms with Gasteiger partial charge >= 0.3 is 5.97 Å². The molecule has 0 unspecified atom stereocenters. The Morgan fingerprint density at radius 3 is 2.85 bits per heavy atom. The number of hydrogen-bond acceptors (Lipinski definition) is 6. The number of ether oxygens (including phenoxy) is 4. The van der Waals surface area contributed by atoms with Gasteiger partial charge in [-0.25, -0.2) is 4.79 Å². The highest BCUT2D eigenvalue weighted by Crippen LogP contribution is 2.40. The molecule has 0 spiro atoms. The number of carbonyl (C=O) groups is 1. The molecule has 0 aliphatic carbocycles. The molecule has 0 saturated heterocycles. The third-order valence-electron chi connectivity index (χ3n) is 3.87. The molecule has 0 radical (unpaired) electrons. The maximum Gasteiger partial charge on any atom is 0.330 e. The second kappa shape index (κ2) is 8.89. The van der Waals surface area contributed by atoms with E-state index in [0.717, 1.165) is 18.4 Å². The van der Waals surface area contributed by atoms with Gasteiger partial charge in [0.05, 0.1) is 13.7 Å². The van der Waals surface area contributed by atoms with Crippen LogP contribution in [0.3, 0.4) is 0 Å². The predicted octanol–water partition coefficient (Wildman–Crippen LogP) is 3.05. The highest BCUT2D eigenvalue weighted by molar-refractivity contribution is 5.87. The van der Waals surface area contributed by atoms with Crippen LogP contribution in [0.5, 0.6) is 17.2 Å². The smallest absolute Gasteiger partial charge is 0.330 e. The van der Waals surface area contributed by atoms with Crippen LogP contribution in [0, 0.1) is 0 Å². The second-order valence-corrected chi connectivity index (χ2v) is 5.71. The van der Waals surface area contributed by atoms with Crippen molar-refractivity contribution in [2.24, 2.45) is 0 Å². The van der Waals surface area contributed by atoms with Crippen LogP contribution in [0.1, 0.15) is 17.5 Å². The topological polar surface area (TPSA) is 66.9 Å². The Morgan fingerprint density at radius 1 is 1.23 bits per heavy atom. The van der Waals surface area contributed by atoms with E-state index in [0.29, 0.717) is 37.1 Å². The number of hydrogen-bond donors (Lipinski definition) is 0. The van der Waals surface area contributed by atoms with Crippen molar-refractivity contribution in [1.82, 2.24) is 4.98 Å². The SMILES string of the molecule is COc1cc(/C=C/C(=O)OCCCc2ccncc2)cc2c1OCCO2. The van der Waals surface area contributed by atoms with E-state index in [-0.39, 0.29) is 5.97 Å². The van der Waals surface area contributed by atoms with E-state index in [1.54, 1.807) is 31.6 Å². The van der Waals surface area contributed by atoms with Gasteiger partial charge in [0.2, 0.25) is 5.75 Å². The molecule has 0 fully saturated rings. The van der Waals surface area contributed by atoms with Crippen molar-refractivity contribution in [3.05, 3.63) is 53.9 Å². The lowest BCUT2D eigenvalue weighted by molar-refractivity contribution is -0.137. The molecule has 6 heteroatoms. The first-order valence-electron chi connectivity index (χ1n) is 8.47. The van der Waals surface area contributed by atoms with Gasteiger partial charge in [0.25, 0.3) is 0 Å². The summed E-state index contributed by atoms with van der Waals surface area (Å²) in [5.74, 6) is 1.40. The van der Waals surface area contributed by atoms with Gasteiger partial charge in [-0.3, -0.25) is 4.98 Å². The van der Waals surface area contributed by atoms with Gasteiger partial charge in [0.15, 0.2) is 11.5 Å². The summed E-state index contributed by atoms with van der Waals surface area (Å²) in [5.41, 5.74) is 1.95. The first-order chi connectivity index (χ1) is 12.8. The van der Waals surface area contributed by atoms with Crippen molar-refractivity contribution in [2.75, 3.05) is 26.9 Å². The summed E-state index contributed by atoms with van der Waals surface area (Å²) in [4.78, 5) is 15.8. The zero-order valence-electron chi connectivity index (χ0n) is 14.6. The summed E-state index contributed by atoms with van der Waals surface area (Å²) in [7, 11) is 1.57. The lowest BCUT2D eigenvalue weighted by atomic mass is 10.1. The van der Waals surface area contributed by atoms with E-state index in [2.05, 4.69) is 4.98 Å². The number of fused-ring (bicyclic) bond motifs is 1. The molecule has 1 aromatic carbocycles. The summed E-state index contributed by atoms with van der Waals surface area (Å²) in [6.07, 6.45) is 8.20. The Hall–Kier alpha value is -3.02. The molecule has 2 heterocycles. The Morgan fingerprint density at radius 2 is 2.04 bits per heavy atom. The number of nitrogens with zero attached hydrogens (tertiary/aromatic N) is 1. The van der Waals surface area contributed by atoms with Crippen LogP contribution in [0.4, 0.5) is 0 Å². The van der Waals surface area contributed by atoms with Crippen molar-refractivity contribution < 1.29 is 23.7 Å². The van der Waals surface area contributed by atoms with Gasteiger partial charge in [0.1, 0.15) is 13.2 Å². The fourth-order valence-electron chi connectivity index (χ4n) is 2.60. The van der Waals surface area contributed by atoms with Gasteiger partial charge in [-0.2, -0.15) is 0 Å². The lowest BCUT2D eigenvalue weighted by Crippen LogP contribution is -2.16.